The quantitative estimate of drug-likeness (QED) is 0.265. The molecule has 3 aromatic rings. The van der Waals surface area contributed by atoms with Gasteiger partial charge in [-0.25, -0.2) is 8.42 Å². The number of halogens is 6. The van der Waals surface area contributed by atoms with E-state index in [1.165, 1.54) is 37.7 Å². The van der Waals surface area contributed by atoms with Crippen LogP contribution in [0.4, 0.5) is 0 Å². The van der Waals surface area contributed by atoms with Gasteiger partial charge in [0.15, 0.2) is 0 Å². The zero-order valence-electron chi connectivity index (χ0n) is 28.3. The van der Waals surface area contributed by atoms with Crippen LogP contribution < -0.4 is 5.32 Å². The predicted molar refractivity (Wildman–Crippen MR) is 221 cm³/mol. The molecule has 268 valence electrons. The highest BCUT2D eigenvalue weighted by Crippen LogP contribution is 2.32. The molecule has 2 atom stereocenters. The maximum absolute atomic E-state index is 12.6. The van der Waals surface area contributed by atoms with Gasteiger partial charge in [-0.3, -0.25) is 0 Å². The third kappa shape index (κ3) is 11.8. The molecule has 0 radical (unpaired) electrons. The second kappa shape index (κ2) is 19.6. The van der Waals surface area contributed by atoms with Crippen LogP contribution in [0, 0.1) is 20.8 Å². The fourth-order valence-electron chi connectivity index (χ4n) is 5.59. The van der Waals surface area contributed by atoms with E-state index in [-0.39, 0.29) is 10.8 Å². The molecule has 2 aliphatic carbocycles. The molecule has 2 saturated heterocycles. The first kappa shape index (κ1) is 41.4. The maximum Gasteiger partial charge on any atom is 0.243 e. The van der Waals surface area contributed by atoms with Gasteiger partial charge in [-0.05, 0) is 115 Å². The second-order valence-electron chi connectivity index (χ2n) is 12.4. The van der Waals surface area contributed by atoms with Crippen LogP contribution in [-0.4, -0.2) is 49.7 Å². The summed E-state index contributed by atoms with van der Waals surface area (Å²) >= 11 is 30.4. The summed E-state index contributed by atoms with van der Waals surface area (Å²) in [5.74, 6) is 0. The minimum Gasteiger partial charge on any atom is -0.309 e. The van der Waals surface area contributed by atoms with Gasteiger partial charge in [-0.15, -0.1) is 23.2 Å². The maximum atomic E-state index is 12.6. The van der Waals surface area contributed by atoms with Gasteiger partial charge in [0.25, 0.3) is 0 Å². The van der Waals surface area contributed by atoms with Crippen molar-refractivity contribution < 1.29 is 8.42 Å². The van der Waals surface area contributed by atoms with Crippen LogP contribution in [0.15, 0.2) is 112 Å². The molecule has 7 rings (SSSR count). The van der Waals surface area contributed by atoms with E-state index in [0.717, 1.165) is 63.3 Å². The van der Waals surface area contributed by atoms with E-state index >= 15 is 0 Å². The molecule has 3 aromatic carbocycles. The van der Waals surface area contributed by atoms with Gasteiger partial charge in [-0.1, -0.05) is 109 Å². The highest BCUT2D eigenvalue weighted by molar-refractivity contribution is 9.09. The lowest BCUT2D eigenvalue weighted by Crippen LogP contribution is -2.28. The van der Waals surface area contributed by atoms with Crippen molar-refractivity contribution in [3.63, 3.8) is 0 Å². The smallest absolute Gasteiger partial charge is 0.243 e. The van der Waals surface area contributed by atoms with E-state index in [9.17, 15) is 8.42 Å². The first-order valence-corrected chi connectivity index (χ1v) is 21.6. The molecule has 2 aliphatic heterocycles. The Morgan fingerprint density at radius 2 is 1.26 bits per heavy atom. The molecule has 2 heterocycles. The van der Waals surface area contributed by atoms with Crippen molar-refractivity contribution in [2.24, 2.45) is 0 Å². The molecule has 0 bridgehead atoms. The molecule has 0 aromatic heterocycles. The lowest BCUT2D eigenvalue weighted by Gasteiger charge is -2.15. The van der Waals surface area contributed by atoms with Gasteiger partial charge >= 0.3 is 0 Å². The summed E-state index contributed by atoms with van der Waals surface area (Å²) in [6.45, 7) is 8.99. The number of hydrogen-bond donors (Lipinski definition) is 1. The Bertz CT molecular complexity index is 1870. The zero-order valence-corrected chi connectivity index (χ0v) is 35.3. The Kier molecular flexibility index (Phi) is 16.2. The second-order valence-corrected chi connectivity index (χ2v) is 17.5. The number of nitrogens with zero attached hydrogens (tertiary/aromatic N) is 1. The van der Waals surface area contributed by atoms with Gasteiger partial charge in [0.1, 0.15) is 0 Å². The van der Waals surface area contributed by atoms with Crippen LogP contribution in [0.1, 0.15) is 40.7 Å². The fraction of sp³-hybridized carbons (Fsp3) is 0.333. The summed E-state index contributed by atoms with van der Waals surface area (Å²) in [5, 5.41) is 6.86. The molecule has 4 aliphatic rings. The van der Waals surface area contributed by atoms with E-state index in [1.54, 1.807) is 12.1 Å². The minimum atomic E-state index is -3.42. The number of rotatable bonds is 4. The number of hydrogen-bond acceptors (Lipinski definition) is 3. The predicted octanol–water partition coefficient (Wildman–Crippen LogP) is 11.4. The summed E-state index contributed by atoms with van der Waals surface area (Å²) in [4.78, 5) is 0.352. The molecule has 2 fully saturated rings. The van der Waals surface area contributed by atoms with Crippen LogP contribution >= 0.6 is 78.3 Å². The van der Waals surface area contributed by atoms with Crippen molar-refractivity contribution in [1.82, 2.24) is 9.62 Å². The van der Waals surface area contributed by atoms with E-state index in [2.05, 4.69) is 69.3 Å². The van der Waals surface area contributed by atoms with Crippen molar-refractivity contribution >= 4 is 88.3 Å². The molecule has 11 heteroatoms. The molecule has 50 heavy (non-hydrogen) atoms. The molecule has 1 N–H and O–H groups in total. The number of fused-ring (bicyclic) bond motifs is 2. The number of benzene rings is 3. The Balaban J connectivity index is 0.000000160. The summed E-state index contributed by atoms with van der Waals surface area (Å²) in [5.41, 5.74) is 11.1. The van der Waals surface area contributed by atoms with Gasteiger partial charge in [0.2, 0.25) is 10.0 Å². The number of allylic oxidation sites excluding steroid dienone is 4. The van der Waals surface area contributed by atoms with Gasteiger partial charge < -0.3 is 5.32 Å². The van der Waals surface area contributed by atoms with Crippen molar-refractivity contribution in [3.8, 4) is 0 Å². The number of sulfonamides is 1. The topological polar surface area (TPSA) is 49.4 Å². The molecular formula is C39H42Br2Cl4N2O2S. The standard InChI is InChI=1S/C15H16ClNO2S.C8H7Br2Cl.C8H10ClN.C8H9Cl/c1-11-2-6-15(7-3-11)20(18,19)17-9-12-4-5-14(16)8-13(12)10-17;9-4-6-1-2-8(11)3-7(6)5-10;9-8-2-1-6-4-10-5-7(6)3-8;1-6-3-4-8(9)5-7(6)2/h2-4,6-8,14H,5,9-10H2,1H3;1-3H,4-5H2;1,3,8,10H,2,4-5H2;3-5H,1-2H3. The molecule has 4 nitrogen and oxygen atoms in total. The van der Waals surface area contributed by atoms with Crippen LogP contribution in [0.25, 0.3) is 0 Å². The number of aryl methyl sites for hydroxylation is 3. The first-order valence-electron chi connectivity index (χ1n) is 16.3. The summed E-state index contributed by atoms with van der Waals surface area (Å²) in [6.07, 6.45) is 10.2. The summed E-state index contributed by atoms with van der Waals surface area (Å²) < 4.78 is 26.7. The lowest BCUT2D eigenvalue weighted by molar-refractivity contribution is 0.489. The van der Waals surface area contributed by atoms with Gasteiger partial charge in [0, 0.05) is 46.9 Å². The largest absolute Gasteiger partial charge is 0.309 e. The van der Waals surface area contributed by atoms with Crippen LogP contribution in [-0.2, 0) is 20.7 Å². The Hall–Kier alpha value is -1.39. The first-order chi connectivity index (χ1) is 23.8. The van der Waals surface area contributed by atoms with E-state index in [1.807, 2.05) is 61.5 Å². The Morgan fingerprint density at radius 1 is 0.700 bits per heavy atom. The van der Waals surface area contributed by atoms with Crippen LogP contribution in [0.3, 0.4) is 0 Å². The van der Waals surface area contributed by atoms with Crippen molar-refractivity contribution in [1.29, 1.82) is 0 Å². The molecule has 0 spiro atoms. The van der Waals surface area contributed by atoms with Crippen molar-refractivity contribution in [3.05, 3.63) is 145 Å². The van der Waals surface area contributed by atoms with Gasteiger partial charge in [-0.2, -0.15) is 4.31 Å². The van der Waals surface area contributed by atoms with Crippen LogP contribution in [0.5, 0.6) is 0 Å². The summed E-state index contributed by atoms with van der Waals surface area (Å²) in [6, 6.07) is 18.8. The fourth-order valence-corrected chi connectivity index (χ4v) is 8.96. The highest BCUT2D eigenvalue weighted by atomic mass is 79.9. The number of nitrogens with one attached hydrogen (secondary N) is 1. The van der Waals surface area contributed by atoms with Crippen molar-refractivity contribution in [2.75, 3.05) is 26.2 Å². The molecular weight excluding hydrogens is 862 g/mol. The minimum absolute atomic E-state index is 0.0178. The van der Waals surface area contributed by atoms with E-state index in [4.69, 9.17) is 46.4 Å². The Morgan fingerprint density at radius 3 is 1.88 bits per heavy atom. The normalized spacial score (nSPS) is 19.5. The summed E-state index contributed by atoms with van der Waals surface area (Å²) in [7, 11) is -3.42. The number of alkyl halides is 4. The average Bonchev–Trinajstić information content (AvgIpc) is 3.75. The third-order valence-corrected chi connectivity index (χ3v) is 12.8. The monoisotopic (exact) mass is 900 g/mol. The highest BCUT2D eigenvalue weighted by Gasteiger charge is 2.33. The SMILES string of the molecule is Cc1ccc(Cl)cc1C.Cc1ccc(S(=O)(=O)N2CC3=CCC(Cl)C=C3C2)cc1.ClC1C=C2CNCC2=CC1.Clc1ccc(CBr)c(CBr)c1. The Labute approximate surface area is 334 Å². The lowest BCUT2D eigenvalue weighted by atomic mass is 10.0. The van der Waals surface area contributed by atoms with Crippen LogP contribution in [0.2, 0.25) is 10.0 Å². The molecule has 0 amide bonds. The zero-order chi connectivity index (χ0) is 36.4. The average molecular weight is 904 g/mol. The third-order valence-electron chi connectivity index (χ3n) is 8.68. The van der Waals surface area contributed by atoms with Gasteiger partial charge in [0.05, 0.1) is 15.6 Å². The van der Waals surface area contributed by atoms with Crippen molar-refractivity contribution in [2.45, 2.75) is 59.9 Å². The molecule has 2 unspecified atom stereocenters. The molecule has 0 saturated carbocycles. The van der Waals surface area contributed by atoms with E-state index in [0.29, 0.717) is 18.0 Å². The van der Waals surface area contributed by atoms with E-state index < -0.39 is 10.0 Å².